The van der Waals surface area contributed by atoms with Crippen molar-refractivity contribution in [2.75, 3.05) is 6.61 Å². The zero-order valence-corrected chi connectivity index (χ0v) is 14.9. The molecular weight excluding hydrogens is 288 g/mol. The highest BCUT2D eigenvalue weighted by atomic mass is 16.5. The Morgan fingerprint density at radius 1 is 0.957 bits per heavy atom. The Bertz CT molecular complexity index is 494. The Hall–Kier alpha value is -1.32. The highest BCUT2D eigenvalue weighted by Crippen LogP contribution is 2.22. The van der Waals surface area contributed by atoms with E-state index in [-0.39, 0.29) is 5.97 Å². The molecule has 0 fully saturated rings. The predicted octanol–water partition coefficient (Wildman–Crippen LogP) is 4.60. The highest BCUT2D eigenvalue weighted by molar-refractivity contribution is 5.89. The number of hydrogen-bond donors (Lipinski definition) is 0. The molecule has 1 heterocycles. The molecule has 0 N–H and O–H groups in total. The fourth-order valence-electron chi connectivity index (χ4n) is 3.55. The van der Waals surface area contributed by atoms with Crippen LogP contribution < -0.4 is 0 Å². The molecule has 0 saturated heterocycles. The van der Waals surface area contributed by atoms with E-state index in [2.05, 4.69) is 5.10 Å². The zero-order chi connectivity index (χ0) is 16.5. The van der Waals surface area contributed by atoms with E-state index in [4.69, 9.17) is 4.74 Å². The first-order chi connectivity index (χ1) is 11.2. The lowest BCUT2D eigenvalue weighted by Crippen LogP contribution is -2.13. The first-order valence-corrected chi connectivity index (χ1v) is 9.46. The van der Waals surface area contributed by atoms with Crippen LogP contribution in [-0.2, 0) is 24.6 Å². The molecule has 0 radical (unpaired) electrons. The van der Waals surface area contributed by atoms with Crippen molar-refractivity contribution in [1.29, 1.82) is 0 Å². The summed E-state index contributed by atoms with van der Waals surface area (Å²) in [6, 6.07) is 0. The molecule has 0 bridgehead atoms. The zero-order valence-electron chi connectivity index (χ0n) is 14.9. The molecule has 1 aromatic rings. The molecule has 23 heavy (non-hydrogen) atoms. The molecule has 0 aromatic carbocycles. The average Bonchev–Trinajstić information content (AvgIpc) is 2.84. The summed E-state index contributed by atoms with van der Waals surface area (Å²) in [5.41, 5.74) is 2.93. The summed E-state index contributed by atoms with van der Waals surface area (Å²) in [5.74, 6) is -0.218. The van der Waals surface area contributed by atoms with Gasteiger partial charge in [0.15, 0.2) is 0 Å². The third kappa shape index (κ3) is 5.36. The maximum atomic E-state index is 12.3. The standard InChI is InChI=1S/C19H32N2O2/c1-3-23-19(22)18-16-14-12-10-8-6-4-5-7-9-11-13-15-17(16)20-21(18)2/h3-15H2,1-2H3. The number of aryl methyl sites for hydroxylation is 2. The minimum Gasteiger partial charge on any atom is -0.461 e. The van der Waals surface area contributed by atoms with Crippen molar-refractivity contribution in [1.82, 2.24) is 9.78 Å². The maximum absolute atomic E-state index is 12.3. The lowest BCUT2D eigenvalue weighted by Gasteiger charge is -2.08. The number of rotatable bonds is 2. The van der Waals surface area contributed by atoms with Gasteiger partial charge in [0.1, 0.15) is 5.69 Å². The number of carbonyl (C=O) groups excluding carboxylic acids is 1. The van der Waals surface area contributed by atoms with Crippen molar-refractivity contribution >= 4 is 5.97 Å². The van der Waals surface area contributed by atoms with E-state index in [9.17, 15) is 4.79 Å². The number of carbonyl (C=O) groups is 1. The van der Waals surface area contributed by atoms with Gasteiger partial charge in [-0.3, -0.25) is 4.68 Å². The van der Waals surface area contributed by atoms with E-state index < -0.39 is 0 Å². The van der Waals surface area contributed by atoms with Gasteiger partial charge in [-0.2, -0.15) is 5.10 Å². The first kappa shape index (κ1) is 18.0. The van der Waals surface area contributed by atoms with E-state index in [1.807, 2.05) is 14.0 Å². The van der Waals surface area contributed by atoms with Crippen molar-refractivity contribution in [3.63, 3.8) is 0 Å². The summed E-state index contributed by atoms with van der Waals surface area (Å²) in [4.78, 5) is 12.3. The number of aromatic nitrogens is 2. The Kier molecular flexibility index (Phi) is 7.63. The molecule has 0 atom stereocenters. The van der Waals surface area contributed by atoms with Gasteiger partial charge in [-0.05, 0) is 32.6 Å². The summed E-state index contributed by atoms with van der Waals surface area (Å²) in [6.45, 7) is 2.27. The van der Waals surface area contributed by atoms with Crippen LogP contribution in [0.15, 0.2) is 0 Å². The lowest BCUT2D eigenvalue weighted by molar-refractivity contribution is 0.0512. The maximum Gasteiger partial charge on any atom is 0.356 e. The summed E-state index contributed by atoms with van der Waals surface area (Å²) in [5, 5.41) is 4.64. The highest BCUT2D eigenvalue weighted by Gasteiger charge is 2.22. The number of ether oxygens (including phenoxy) is 1. The van der Waals surface area contributed by atoms with E-state index in [0.717, 1.165) is 30.5 Å². The summed E-state index contributed by atoms with van der Waals surface area (Å²) < 4.78 is 6.98. The Morgan fingerprint density at radius 3 is 2.04 bits per heavy atom. The van der Waals surface area contributed by atoms with Gasteiger partial charge in [0.25, 0.3) is 0 Å². The van der Waals surface area contributed by atoms with Crippen molar-refractivity contribution in [3.05, 3.63) is 17.0 Å². The molecule has 130 valence electrons. The molecular formula is C19H32N2O2. The van der Waals surface area contributed by atoms with Crippen LogP contribution in [0.1, 0.15) is 92.9 Å². The van der Waals surface area contributed by atoms with Crippen LogP contribution in [0.2, 0.25) is 0 Å². The first-order valence-electron chi connectivity index (χ1n) is 9.46. The van der Waals surface area contributed by atoms with Crippen LogP contribution in [0.4, 0.5) is 0 Å². The number of hydrogen-bond acceptors (Lipinski definition) is 3. The van der Waals surface area contributed by atoms with Crippen molar-refractivity contribution < 1.29 is 9.53 Å². The van der Waals surface area contributed by atoms with Crippen LogP contribution >= 0.6 is 0 Å². The molecule has 1 aliphatic carbocycles. The van der Waals surface area contributed by atoms with Crippen LogP contribution in [0, 0.1) is 0 Å². The van der Waals surface area contributed by atoms with Crippen LogP contribution in [0.25, 0.3) is 0 Å². The van der Waals surface area contributed by atoms with Crippen LogP contribution in [-0.4, -0.2) is 22.4 Å². The van der Waals surface area contributed by atoms with E-state index in [0.29, 0.717) is 12.3 Å². The second-order valence-corrected chi connectivity index (χ2v) is 6.65. The molecule has 1 aliphatic rings. The predicted molar refractivity (Wildman–Crippen MR) is 92.7 cm³/mol. The molecule has 4 nitrogen and oxygen atoms in total. The van der Waals surface area contributed by atoms with Gasteiger partial charge < -0.3 is 4.74 Å². The Labute approximate surface area is 140 Å². The summed E-state index contributed by atoms with van der Waals surface area (Å²) in [6.07, 6.45) is 14.9. The van der Waals surface area contributed by atoms with Gasteiger partial charge >= 0.3 is 5.97 Å². The van der Waals surface area contributed by atoms with E-state index in [1.165, 1.54) is 57.8 Å². The Balaban J connectivity index is 2.14. The van der Waals surface area contributed by atoms with Gasteiger partial charge in [-0.25, -0.2) is 4.79 Å². The third-order valence-electron chi connectivity index (χ3n) is 4.79. The second-order valence-electron chi connectivity index (χ2n) is 6.65. The molecule has 0 amide bonds. The minimum atomic E-state index is -0.218. The van der Waals surface area contributed by atoms with E-state index in [1.54, 1.807) is 4.68 Å². The fourth-order valence-corrected chi connectivity index (χ4v) is 3.55. The van der Waals surface area contributed by atoms with Crippen molar-refractivity contribution in [3.8, 4) is 0 Å². The second kappa shape index (κ2) is 9.74. The molecule has 2 rings (SSSR count). The van der Waals surface area contributed by atoms with Crippen LogP contribution in [0.5, 0.6) is 0 Å². The Morgan fingerprint density at radius 2 is 1.48 bits per heavy atom. The molecule has 0 saturated carbocycles. The molecule has 1 aromatic heterocycles. The smallest absolute Gasteiger partial charge is 0.356 e. The minimum absolute atomic E-state index is 0.218. The molecule has 0 unspecified atom stereocenters. The lowest BCUT2D eigenvalue weighted by atomic mass is 9.98. The van der Waals surface area contributed by atoms with Gasteiger partial charge in [-0.15, -0.1) is 0 Å². The van der Waals surface area contributed by atoms with Crippen LogP contribution in [0.3, 0.4) is 0 Å². The van der Waals surface area contributed by atoms with Gasteiger partial charge in [0.2, 0.25) is 0 Å². The number of nitrogens with zero attached hydrogens (tertiary/aromatic N) is 2. The number of fused-ring (bicyclic) bond motifs is 1. The van der Waals surface area contributed by atoms with E-state index >= 15 is 0 Å². The van der Waals surface area contributed by atoms with Crippen molar-refractivity contribution in [2.24, 2.45) is 7.05 Å². The summed E-state index contributed by atoms with van der Waals surface area (Å²) >= 11 is 0. The monoisotopic (exact) mass is 320 g/mol. The largest absolute Gasteiger partial charge is 0.461 e. The molecule has 0 aliphatic heterocycles. The van der Waals surface area contributed by atoms with Gasteiger partial charge in [-0.1, -0.05) is 51.4 Å². The third-order valence-corrected chi connectivity index (χ3v) is 4.79. The summed E-state index contributed by atoms with van der Waals surface area (Å²) in [7, 11) is 1.87. The quantitative estimate of drug-likeness (QED) is 0.748. The van der Waals surface area contributed by atoms with Gasteiger partial charge in [0.05, 0.1) is 12.3 Å². The SMILES string of the molecule is CCOC(=O)c1c2c(nn1C)CCCCCCCCCCCC2. The molecule has 4 heteroatoms. The normalized spacial score (nSPS) is 18.0. The number of esters is 1. The van der Waals surface area contributed by atoms with Crippen molar-refractivity contribution in [2.45, 2.75) is 84.0 Å². The topological polar surface area (TPSA) is 44.1 Å². The molecule has 0 spiro atoms. The average molecular weight is 320 g/mol. The fraction of sp³-hybridized carbons (Fsp3) is 0.789. The van der Waals surface area contributed by atoms with Gasteiger partial charge in [0, 0.05) is 12.6 Å².